The molecular weight excluding hydrogens is 606 g/mol. The van der Waals surface area contributed by atoms with Crippen molar-refractivity contribution in [2.24, 2.45) is 7.05 Å². The van der Waals surface area contributed by atoms with Gasteiger partial charge in [-0.2, -0.15) is 0 Å². The van der Waals surface area contributed by atoms with Gasteiger partial charge in [0, 0.05) is 24.6 Å². The number of imide groups is 1. The average molecular weight is 649 g/mol. The van der Waals surface area contributed by atoms with Crippen molar-refractivity contribution in [1.29, 1.82) is 0 Å². The summed E-state index contributed by atoms with van der Waals surface area (Å²) < 4.78 is 18.3. The Morgan fingerprint density at radius 2 is 1.47 bits per heavy atom. The molecule has 3 aromatic rings. The molecule has 1 atom stereocenters. The molecule has 0 saturated carbocycles. The summed E-state index contributed by atoms with van der Waals surface area (Å²) >= 11 is 0. The lowest BCUT2D eigenvalue weighted by Crippen LogP contribution is -2.43. The van der Waals surface area contributed by atoms with Crippen LogP contribution in [0.15, 0.2) is 60.7 Å². The Balaban J connectivity index is 1.34. The maximum Gasteiger partial charge on any atom is 0.407 e. The zero-order chi connectivity index (χ0) is 34.4. The van der Waals surface area contributed by atoms with E-state index in [4.69, 9.17) is 19.0 Å². The summed E-state index contributed by atoms with van der Waals surface area (Å²) in [5, 5.41) is 11.3. The number of alkyl carbamates (subject to hydrolysis) is 1. The molecule has 0 bridgehead atoms. The van der Waals surface area contributed by atoms with Gasteiger partial charge in [-0.15, -0.1) is 9.75 Å². The summed E-state index contributed by atoms with van der Waals surface area (Å²) in [5.41, 5.74) is 0.549. The number of aromatic nitrogens is 2. The van der Waals surface area contributed by atoms with Gasteiger partial charge in [-0.1, -0.05) is 17.2 Å². The lowest BCUT2D eigenvalue weighted by molar-refractivity contribution is -0.716. The van der Waals surface area contributed by atoms with Gasteiger partial charge in [0.15, 0.2) is 0 Å². The highest BCUT2D eigenvalue weighted by Gasteiger charge is 2.40. The number of rotatable bonds is 12. The lowest BCUT2D eigenvalue weighted by Gasteiger charge is -2.26. The highest BCUT2D eigenvalue weighted by Crippen LogP contribution is 2.25. The van der Waals surface area contributed by atoms with Crippen LogP contribution in [-0.2, 0) is 26.2 Å². The molecule has 1 aliphatic rings. The van der Waals surface area contributed by atoms with Crippen LogP contribution in [-0.4, -0.2) is 71.0 Å². The number of anilines is 1. The number of hydrogen-bond acceptors (Lipinski definition) is 10. The van der Waals surface area contributed by atoms with E-state index in [0.717, 1.165) is 17.1 Å². The number of benzene rings is 2. The van der Waals surface area contributed by atoms with Crippen molar-refractivity contribution < 1.29 is 42.9 Å². The van der Waals surface area contributed by atoms with Crippen molar-refractivity contribution >= 4 is 29.7 Å². The van der Waals surface area contributed by atoms with E-state index in [-0.39, 0.29) is 17.7 Å². The van der Waals surface area contributed by atoms with Crippen LogP contribution < -0.4 is 20.1 Å². The SMILES string of the molecule is C[n+]1nc(-c2ccc(OC[C@@H](ON3C(=O)c4ccccc4C3=O)C(=O)OC(C)(C)C)cc2)ccc1NCCCNC(=O)OC(C)(C)C. The number of esters is 1. The van der Waals surface area contributed by atoms with E-state index in [1.807, 2.05) is 52.1 Å². The summed E-state index contributed by atoms with van der Waals surface area (Å²) in [6.45, 7) is 11.3. The second-order valence-corrected chi connectivity index (χ2v) is 12.8. The van der Waals surface area contributed by atoms with Gasteiger partial charge in [-0.25, -0.2) is 14.4 Å². The van der Waals surface area contributed by atoms with Crippen molar-refractivity contribution in [3.05, 3.63) is 71.8 Å². The Morgan fingerprint density at radius 1 is 0.851 bits per heavy atom. The minimum absolute atomic E-state index is 0.190. The molecule has 47 heavy (non-hydrogen) atoms. The molecule has 13 nitrogen and oxygen atoms in total. The molecular formula is C34H42N5O8+. The molecule has 0 fully saturated rings. The molecule has 0 radical (unpaired) electrons. The van der Waals surface area contributed by atoms with E-state index in [2.05, 4.69) is 15.7 Å². The van der Waals surface area contributed by atoms with E-state index in [9.17, 15) is 19.2 Å². The van der Waals surface area contributed by atoms with E-state index in [1.165, 1.54) is 12.1 Å². The van der Waals surface area contributed by atoms with Crippen LogP contribution in [0.5, 0.6) is 5.75 Å². The second kappa shape index (κ2) is 14.6. The topological polar surface area (TPSA) is 149 Å². The zero-order valence-electron chi connectivity index (χ0n) is 27.8. The fourth-order valence-electron chi connectivity index (χ4n) is 4.44. The Hall–Kier alpha value is -5.04. The van der Waals surface area contributed by atoms with Gasteiger partial charge in [0.25, 0.3) is 17.6 Å². The van der Waals surface area contributed by atoms with E-state index >= 15 is 0 Å². The molecule has 0 saturated heterocycles. The molecule has 2 heterocycles. The predicted octanol–water partition coefficient (Wildman–Crippen LogP) is 4.22. The summed E-state index contributed by atoms with van der Waals surface area (Å²) in [6, 6.07) is 17.2. The first-order chi connectivity index (χ1) is 22.1. The first-order valence-corrected chi connectivity index (χ1v) is 15.3. The van der Waals surface area contributed by atoms with Crippen molar-refractivity contribution in [1.82, 2.24) is 15.5 Å². The van der Waals surface area contributed by atoms with Gasteiger partial charge in [-0.05, 0) is 84.0 Å². The molecule has 1 aromatic heterocycles. The number of hydroxylamine groups is 2. The first-order valence-electron chi connectivity index (χ1n) is 15.3. The first kappa shape index (κ1) is 34.8. The quantitative estimate of drug-likeness (QED) is 0.127. The van der Waals surface area contributed by atoms with Gasteiger partial charge in [-0.3, -0.25) is 14.9 Å². The van der Waals surface area contributed by atoms with Crippen LogP contribution in [0.3, 0.4) is 0 Å². The van der Waals surface area contributed by atoms with Crippen molar-refractivity contribution in [2.75, 3.05) is 25.0 Å². The van der Waals surface area contributed by atoms with Gasteiger partial charge in [0.05, 0.1) is 17.7 Å². The van der Waals surface area contributed by atoms with Gasteiger partial charge in [0.2, 0.25) is 6.10 Å². The largest absolute Gasteiger partial charge is 0.490 e. The molecule has 4 rings (SSSR count). The molecule has 0 unspecified atom stereocenters. The summed E-state index contributed by atoms with van der Waals surface area (Å²) in [5.74, 6) is -0.885. The molecule has 2 N–H and O–H groups in total. The third-order valence-corrected chi connectivity index (χ3v) is 6.54. The van der Waals surface area contributed by atoms with Gasteiger partial charge < -0.3 is 19.5 Å². The number of ether oxygens (including phenoxy) is 3. The number of nitrogens with one attached hydrogen (secondary N) is 2. The Kier molecular flexibility index (Phi) is 10.8. The van der Waals surface area contributed by atoms with E-state index < -0.39 is 41.2 Å². The predicted molar refractivity (Wildman–Crippen MR) is 171 cm³/mol. The third-order valence-electron chi connectivity index (χ3n) is 6.54. The minimum atomic E-state index is -1.40. The number of hydrogen-bond donors (Lipinski definition) is 2. The van der Waals surface area contributed by atoms with Crippen LogP contribution in [0, 0.1) is 0 Å². The number of aryl methyl sites for hydroxylation is 1. The van der Waals surface area contributed by atoms with E-state index in [1.54, 1.807) is 49.7 Å². The summed E-state index contributed by atoms with van der Waals surface area (Å²) in [6.07, 6.45) is -1.14. The summed E-state index contributed by atoms with van der Waals surface area (Å²) in [7, 11) is 1.83. The normalized spacial score (nSPS) is 13.6. The van der Waals surface area contributed by atoms with Crippen LogP contribution in [0.1, 0.15) is 68.7 Å². The lowest BCUT2D eigenvalue weighted by atomic mass is 10.1. The molecule has 0 aliphatic carbocycles. The van der Waals surface area contributed by atoms with Crippen LogP contribution >= 0.6 is 0 Å². The monoisotopic (exact) mass is 648 g/mol. The highest BCUT2D eigenvalue weighted by atomic mass is 16.7. The fraction of sp³-hybridized carbons (Fsp3) is 0.412. The second-order valence-electron chi connectivity index (χ2n) is 12.8. The van der Waals surface area contributed by atoms with Gasteiger partial charge in [0.1, 0.15) is 36.3 Å². The summed E-state index contributed by atoms with van der Waals surface area (Å²) in [4.78, 5) is 56.1. The van der Waals surface area contributed by atoms with Crippen molar-refractivity contribution in [2.45, 2.75) is 65.3 Å². The number of fused-ring (bicyclic) bond motifs is 1. The van der Waals surface area contributed by atoms with Crippen molar-refractivity contribution in [3.8, 4) is 17.0 Å². The Labute approximate surface area is 274 Å². The maximum absolute atomic E-state index is 13.0. The minimum Gasteiger partial charge on any atom is -0.490 e. The third kappa shape index (κ3) is 9.72. The number of amides is 3. The molecule has 13 heteroatoms. The van der Waals surface area contributed by atoms with Crippen LogP contribution in [0.4, 0.5) is 10.6 Å². The van der Waals surface area contributed by atoms with Crippen LogP contribution in [0.25, 0.3) is 11.3 Å². The number of nitrogens with zero attached hydrogens (tertiary/aromatic N) is 3. The fourth-order valence-corrected chi connectivity index (χ4v) is 4.44. The Bertz CT molecular complexity index is 1580. The van der Waals surface area contributed by atoms with Crippen molar-refractivity contribution in [3.63, 3.8) is 0 Å². The molecule has 3 amide bonds. The average Bonchev–Trinajstić information content (AvgIpc) is 3.23. The molecule has 2 aromatic carbocycles. The standard InChI is InChI=1S/C34H41N5O8/c1-33(2,3)45-31(42)27(47-39-29(40)24-11-8-9-12-25(24)30(39)41)21-44-23-15-13-22(14-16-23)26-17-18-28(38(7)37-26)35-19-10-20-36-32(43)46-34(4,5)6/h8-9,11-18,27H,10,19-21H2,1-7H3,(H,36,43)/p+1/t27-/m1/s1. The Morgan fingerprint density at radius 3 is 2.04 bits per heavy atom. The number of carbonyl (C=O) groups excluding carboxylic acids is 4. The molecule has 0 spiro atoms. The zero-order valence-corrected chi connectivity index (χ0v) is 27.8. The van der Waals surface area contributed by atoms with Gasteiger partial charge >= 0.3 is 12.1 Å². The van der Waals surface area contributed by atoms with Crippen LogP contribution in [0.2, 0.25) is 0 Å². The smallest absolute Gasteiger partial charge is 0.407 e. The van der Waals surface area contributed by atoms with E-state index in [0.29, 0.717) is 30.3 Å². The highest BCUT2D eigenvalue weighted by molar-refractivity contribution is 6.20. The maximum atomic E-state index is 13.0. The number of carbonyl (C=O) groups is 4. The molecule has 1 aliphatic heterocycles. The molecule has 250 valence electrons.